The second-order valence-electron chi connectivity index (χ2n) is 5.45. The van der Waals surface area contributed by atoms with Crippen molar-refractivity contribution in [3.63, 3.8) is 0 Å². The first-order valence-corrected chi connectivity index (χ1v) is 7.84. The van der Waals surface area contributed by atoms with E-state index in [1.54, 1.807) is 4.31 Å². The predicted octanol–water partition coefficient (Wildman–Crippen LogP) is 0.324. The third kappa shape index (κ3) is 3.40. The molecule has 0 bridgehead atoms. The number of nitrogens with one attached hydrogen (secondary N) is 1. The quantitative estimate of drug-likeness (QED) is 0.767. The van der Waals surface area contributed by atoms with E-state index in [1.807, 2.05) is 0 Å². The summed E-state index contributed by atoms with van der Waals surface area (Å²) in [4.78, 5) is 0. The molecule has 1 aliphatic heterocycles. The van der Waals surface area contributed by atoms with Gasteiger partial charge in [-0.1, -0.05) is 6.92 Å². The van der Waals surface area contributed by atoms with Crippen LogP contribution >= 0.6 is 0 Å². The Morgan fingerprint density at radius 2 is 2.12 bits per heavy atom. The molecule has 1 atom stereocenters. The highest BCUT2D eigenvalue weighted by Crippen LogP contribution is 2.26. The Bertz CT molecular complexity index is 352. The molecule has 0 spiro atoms. The van der Waals surface area contributed by atoms with Gasteiger partial charge in [0, 0.05) is 19.6 Å². The maximum Gasteiger partial charge on any atom is 0.279 e. The number of hydrogen-bond donors (Lipinski definition) is 2. The van der Waals surface area contributed by atoms with Crippen molar-refractivity contribution >= 4 is 10.2 Å². The number of rotatable bonds is 4. The van der Waals surface area contributed by atoms with E-state index < -0.39 is 10.2 Å². The molecule has 1 aliphatic carbocycles. The average molecular weight is 262 g/mol. The van der Waals surface area contributed by atoms with Crippen LogP contribution in [0.4, 0.5) is 0 Å². The molecule has 1 saturated heterocycles. The van der Waals surface area contributed by atoms with Gasteiger partial charge in [-0.3, -0.25) is 0 Å². The molecule has 5 nitrogen and oxygen atoms in total. The van der Waals surface area contributed by atoms with E-state index in [-0.39, 0.29) is 6.10 Å². The third-order valence-electron chi connectivity index (χ3n) is 3.72. The van der Waals surface area contributed by atoms with Crippen LogP contribution in [0.2, 0.25) is 0 Å². The van der Waals surface area contributed by atoms with E-state index in [9.17, 15) is 8.42 Å². The fourth-order valence-corrected chi connectivity index (χ4v) is 4.00. The lowest BCUT2D eigenvalue weighted by atomic mass is 9.83. The van der Waals surface area contributed by atoms with Gasteiger partial charge in [0.2, 0.25) is 0 Å². The van der Waals surface area contributed by atoms with Crippen LogP contribution in [-0.2, 0) is 10.2 Å². The van der Waals surface area contributed by atoms with Crippen molar-refractivity contribution in [3.05, 3.63) is 0 Å². The highest BCUT2D eigenvalue weighted by Gasteiger charge is 2.31. The van der Waals surface area contributed by atoms with Crippen molar-refractivity contribution in [3.8, 4) is 0 Å². The molecule has 2 N–H and O–H groups in total. The van der Waals surface area contributed by atoms with Crippen molar-refractivity contribution in [2.45, 2.75) is 38.7 Å². The van der Waals surface area contributed by atoms with E-state index in [0.29, 0.717) is 31.5 Å². The summed E-state index contributed by atoms with van der Waals surface area (Å²) in [6, 6.07) is 0. The van der Waals surface area contributed by atoms with Gasteiger partial charge in [0.1, 0.15) is 0 Å². The Kier molecular flexibility index (Phi) is 4.07. The monoisotopic (exact) mass is 262 g/mol. The molecule has 0 amide bonds. The Balaban J connectivity index is 1.81. The highest BCUT2D eigenvalue weighted by molar-refractivity contribution is 7.87. The first kappa shape index (κ1) is 13.3. The molecule has 0 aromatic carbocycles. The maximum absolute atomic E-state index is 12.0. The van der Waals surface area contributed by atoms with Gasteiger partial charge in [-0.2, -0.15) is 12.7 Å². The van der Waals surface area contributed by atoms with Crippen LogP contribution in [0.1, 0.15) is 32.6 Å². The minimum absolute atomic E-state index is 0.223. The number of aliphatic hydroxyl groups excluding tert-OH is 1. The Hall–Kier alpha value is -0.170. The molecule has 1 unspecified atom stereocenters. The summed E-state index contributed by atoms with van der Waals surface area (Å²) in [5.74, 6) is 0.757. The summed E-state index contributed by atoms with van der Waals surface area (Å²) in [5, 5.41) is 9.14. The molecule has 2 rings (SSSR count). The van der Waals surface area contributed by atoms with Gasteiger partial charge in [0.25, 0.3) is 10.2 Å². The average Bonchev–Trinajstić information content (AvgIpc) is 2.23. The van der Waals surface area contributed by atoms with E-state index >= 15 is 0 Å². The fraction of sp³-hybridized carbons (Fsp3) is 1.00. The van der Waals surface area contributed by atoms with Crippen LogP contribution in [0.25, 0.3) is 0 Å². The predicted molar refractivity (Wildman–Crippen MR) is 65.6 cm³/mol. The van der Waals surface area contributed by atoms with Gasteiger partial charge in [0.15, 0.2) is 0 Å². The highest BCUT2D eigenvalue weighted by atomic mass is 32.2. The van der Waals surface area contributed by atoms with Gasteiger partial charge in [-0.25, -0.2) is 4.72 Å². The second kappa shape index (κ2) is 5.22. The summed E-state index contributed by atoms with van der Waals surface area (Å²) in [6.07, 6.45) is 3.28. The number of piperidine rings is 1. The van der Waals surface area contributed by atoms with Gasteiger partial charge >= 0.3 is 0 Å². The van der Waals surface area contributed by atoms with Crippen molar-refractivity contribution < 1.29 is 13.5 Å². The Morgan fingerprint density at radius 3 is 2.71 bits per heavy atom. The van der Waals surface area contributed by atoms with Gasteiger partial charge < -0.3 is 5.11 Å². The minimum atomic E-state index is -3.30. The molecule has 0 aromatic heterocycles. The van der Waals surface area contributed by atoms with E-state index in [2.05, 4.69) is 11.6 Å². The Morgan fingerprint density at radius 1 is 1.41 bits per heavy atom. The van der Waals surface area contributed by atoms with Crippen molar-refractivity contribution in [1.29, 1.82) is 0 Å². The smallest absolute Gasteiger partial charge is 0.279 e. The van der Waals surface area contributed by atoms with Crippen LogP contribution in [0.5, 0.6) is 0 Å². The van der Waals surface area contributed by atoms with Crippen LogP contribution < -0.4 is 4.72 Å². The standard InChI is InChI=1S/C11H22N2O3S/c1-9-3-2-4-13(8-9)17(15,16)12-7-10-5-11(14)6-10/h9-12,14H,2-8H2,1H3. The van der Waals surface area contributed by atoms with E-state index in [0.717, 1.165) is 25.7 Å². The van der Waals surface area contributed by atoms with Crippen LogP contribution in [-0.4, -0.2) is 43.6 Å². The van der Waals surface area contributed by atoms with E-state index in [4.69, 9.17) is 5.11 Å². The molecular formula is C11H22N2O3S. The molecular weight excluding hydrogens is 240 g/mol. The normalized spacial score (nSPS) is 35.5. The van der Waals surface area contributed by atoms with Crippen molar-refractivity contribution in [2.24, 2.45) is 11.8 Å². The summed E-state index contributed by atoms with van der Waals surface area (Å²) in [6.45, 7) is 3.81. The number of aliphatic hydroxyl groups is 1. The Labute approximate surface area is 103 Å². The molecule has 2 fully saturated rings. The summed E-state index contributed by atoms with van der Waals surface area (Å²) in [5.41, 5.74) is 0. The van der Waals surface area contributed by atoms with Crippen molar-refractivity contribution in [1.82, 2.24) is 9.03 Å². The first-order valence-electron chi connectivity index (χ1n) is 6.40. The van der Waals surface area contributed by atoms with Crippen molar-refractivity contribution in [2.75, 3.05) is 19.6 Å². The fourth-order valence-electron chi connectivity index (χ4n) is 2.55. The summed E-state index contributed by atoms with van der Waals surface area (Å²) < 4.78 is 28.2. The summed E-state index contributed by atoms with van der Waals surface area (Å²) in [7, 11) is -3.30. The zero-order valence-corrected chi connectivity index (χ0v) is 11.1. The topological polar surface area (TPSA) is 69.6 Å². The van der Waals surface area contributed by atoms with Crippen LogP contribution in [0.3, 0.4) is 0 Å². The van der Waals surface area contributed by atoms with Gasteiger partial charge in [-0.15, -0.1) is 0 Å². The second-order valence-corrected chi connectivity index (χ2v) is 7.21. The zero-order valence-electron chi connectivity index (χ0n) is 10.3. The van der Waals surface area contributed by atoms with E-state index in [1.165, 1.54) is 0 Å². The molecule has 0 radical (unpaired) electrons. The molecule has 6 heteroatoms. The third-order valence-corrected chi connectivity index (χ3v) is 5.27. The molecule has 2 aliphatic rings. The lowest BCUT2D eigenvalue weighted by Gasteiger charge is -2.34. The lowest BCUT2D eigenvalue weighted by molar-refractivity contribution is 0.0451. The largest absolute Gasteiger partial charge is 0.393 e. The number of nitrogens with zero attached hydrogens (tertiary/aromatic N) is 1. The van der Waals surface area contributed by atoms with Crippen LogP contribution in [0, 0.1) is 11.8 Å². The molecule has 0 aromatic rings. The minimum Gasteiger partial charge on any atom is -0.393 e. The van der Waals surface area contributed by atoms with Crippen LogP contribution in [0.15, 0.2) is 0 Å². The molecule has 100 valence electrons. The molecule has 17 heavy (non-hydrogen) atoms. The molecule has 1 heterocycles. The first-order chi connectivity index (χ1) is 7.97. The lowest BCUT2D eigenvalue weighted by Crippen LogP contribution is -2.48. The zero-order chi connectivity index (χ0) is 12.5. The van der Waals surface area contributed by atoms with Gasteiger partial charge in [-0.05, 0) is 37.5 Å². The number of hydrogen-bond acceptors (Lipinski definition) is 3. The summed E-state index contributed by atoms with van der Waals surface area (Å²) >= 11 is 0. The maximum atomic E-state index is 12.0. The molecule has 1 saturated carbocycles. The van der Waals surface area contributed by atoms with Gasteiger partial charge in [0.05, 0.1) is 6.10 Å². The SMILES string of the molecule is CC1CCCN(S(=O)(=O)NCC2CC(O)C2)C1.